The van der Waals surface area contributed by atoms with Gasteiger partial charge in [-0.3, -0.25) is 4.40 Å². The van der Waals surface area contributed by atoms with Gasteiger partial charge in [0.05, 0.1) is 12.1 Å². The summed E-state index contributed by atoms with van der Waals surface area (Å²) < 4.78 is 1.96. The number of hydrogen-bond donors (Lipinski definition) is 2. The van der Waals surface area contributed by atoms with Gasteiger partial charge in [-0.25, -0.2) is 4.98 Å². The molecular formula is C8H10N4OS. The second-order valence-corrected chi connectivity index (χ2v) is 3.87. The smallest absolute Gasteiger partial charge is 0.194 e. The fraction of sp³-hybridized carbons (Fsp3) is 0.250. The number of nitrogens with zero attached hydrogens (tertiary/aromatic N) is 3. The third kappa shape index (κ3) is 1.44. The van der Waals surface area contributed by atoms with Crippen LogP contribution < -0.4 is 5.73 Å². The molecule has 0 saturated heterocycles. The number of thiazole rings is 1. The second kappa shape index (κ2) is 3.30. The van der Waals surface area contributed by atoms with Crippen molar-refractivity contribution in [2.45, 2.75) is 13.3 Å². The van der Waals surface area contributed by atoms with Crippen molar-refractivity contribution in [3.8, 4) is 0 Å². The summed E-state index contributed by atoms with van der Waals surface area (Å²) in [5, 5.41) is 13.4. The van der Waals surface area contributed by atoms with Crippen LogP contribution in [0.5, 0.6) is 0 Å². The number of oxime groups is 1. The maximum Gasteiger partial charge on any atom is 0.194 e. The highest BCUT2D eigenvalue weighted by Crippen LogP contribution is 2.16. The van der Waals surface area contributed by atoms with Gasteiger partial charge in [-0.1, -0.05) is 5.16 Å². The van der Waals surface area contributed by atoms with Crippen molar-refractivity contribution < 1.29 is 5.21 Å². The van der Waals surface area contributed by atoms with E-state index in [1.54, 1.807) is 11.3 Å². The molecule has 2 rings (SSSR count). The molecule has 0 radical (unpaired) electrons. The molecular weight excluding hydrogens is 200 g/mol. The predicted molar refractivity (Wildman–Crippen MR) is 54.9 cm³/mol. The van der Waals surface area contributed by atoms with Gasteiger partial charge in [0, 0.05) is 17.3 Å². The molecule has 0 unspecified atom stereocenters. The number of amidine groups is 1. The van der Waals surface area contributed by atoms with Crippen LogP contribution in [0.4, 0.5) is 0 Å². The number of nitrogens with two attached hydrogens (primary N) is 1. The largest absolute Gasteiger partial charge is 0.409 e. The lowest BCUT2D eigenvalue weighted by molar-refractivity contribution is 0.317. The maximum atomic E-state index is 8.45. The predicted octanol–water partition coefficient (Wildman–Crippen LogP) is 0.993. The Morgan fingerprint density at radius 1 is 1.79 bits per heavy atom. The van der Waals surface area contributed by atoms with Crippen LogP contribution in [0.3, 0.4) is 0 Å². The Kier molecular flexibility index (Phi) is 2.12. The first-order valence-corrected chi connectivity index (χ1v) is 4.97. The Morgan fingerprint density at radius 3 is 3.29 bits per heavy atom. The molecule has 74 valence electrons. The third-order valence-corrected chi connectivity index (χ3v) is 2.78. The number of imidazole rings is 1. The van der Waals surface area contributed by atoms with Crippen molar-refractivity contribution in [1.82, 2.24) is 9.38 Å². The van der Waals surface area contributed by atoms with Gasteiger partial charge in [-0.15, -0.1) is 11.3 Å². The van der Waals surface area contributed by atoms with Gasteiger partial charge in [-0.2, -0.15) is 0 Å². The van der Waals surface area contributed by atoms with Crippen LogP contribution in [0.2, 0.25) is 0 Å². The Balaban J connectivity index is 2.42. The van der Waals surface area contributed by atoms with Crippen LogP contribution in [-0.4, -0.2) is 20.4 Å². The molecule has 2 aromatic rings. The van der Waals surface area contributed by atoms with E-state index in [9.17, 15) is 0 Å². The highest BCUT2D eigenvalue weighted by molar-refractivity contribution is 7.15. The Morgan fingerprint density at radius 2 is 2.57 bits per heavy atom. The van der Waals surface area contributed by atoms with Crippen molar-refractivity contribution in [3.63, 3.8) is 0 Å². The molecule has 0 aliphatic heterocycles. The van der Waals surface area contributed by atoms with Crippen LogP contribution in [-0.2, 0) is 6.42 Å². The quantitative estimate of drug-likeness (QED) is 0.336. The van der Waals surface area contributed by atoms with E-state index in [0.717, 1.165) is 16.3 Å². The molecule has 0 aromatic carbocycles. The highest BCUT2D eigenvalue weighted by atomic mass is 32.1. The zero-order chi connectivity index (χ0) is 10.1. The average Bonchev–Trinajstić information content (AvgIpc) is 2.67. The SMILES string of the molecule is Cc1cn2c(C/C(N)=N/O)csc2n1. The fourth-order valence-corrected chi connectivity index (χ4v) is 2.21. The lowest BCUT2D eigenvalue weighted by Gasteiger charge is -1.96. The van der Waals surface area contributed by atoms with E-state index in [4.69, 9.17) is 10.9 Å². The van der Waals surface area contributed by atoms with Crippen LogP contribution in [0.1, 0.15) is 11.4 Å². The molecule has 6 heteroatoms. The van der Waals surface area contributed by atoms with Crippen molar-refractivity contribution in [2.24, 2.45) is 10.9 Å². The van der Waals surface area contributed by atoms with Crippen molar-refractivity contribution in [2.75, 3.05) is 0 Å². The number of aryl methyl sites for hydroxylation is 1. The average molecular weight is 210 g/mol. The molecule has 0 aliphatic carbocycles. The molecule has 0 fully saturated rings. The summed E-state index contributed by atoms with van der Waals surface area (Å²) in [7, 11) is 0. The Bertz CT molecular complexity index is 484. The van der Waals surface area contributed by atoms with Crippen molar-refractivity contribution >= 4 is 22.1 Å². The summed E-state index contributed by atoms with van der Waals surface area (Å²) in [6.07, 6.45) is 2.37. The molecule has 0 atom stereocenters. The number of rotatable bonds is 2. The normalized spacial score (nSPS) is 12.5. The number of hydrogen-bond acceptors (Lipinski definition) is 4. The maximum absolute atomic E-state index is 8.45. The standard InChI is InChI=1S/C8H10N4OS/c1-5-3-12-6(2-7(9)11-13)4-14-8(12)10-5/h3-4,13H,2H2,1H3,(H2,9,11). The molecule has 0 bridgehead atoms. The zero-order valence-electron chi connectivity index (χ0n) is 7.64. The highest BCUT2D eigenvalue weighted by Gasteiger charge is 2.07. The van der Waals surface area contributed by atoms with E-state index in [-0.39, 0.29) is 5.84 Å². The second-order valence-electron chi connectivity index (χ2n) is 3.03. The first-order chi connectivity index (χ1) is 6.70. The van der Waals surface area contributed by atoms with Gasteiger partial charge in [-0.05, 0) is 6.92 Å². The van der Waals surface area contributed by atoms with Gasteiger partial charge >= 0.3 is 0 Å². The molecule has 0 aliphatic rings. The summed E-state index contributed by atoms with van der Waals surface area (Å²) in [5.41, 5.74) is 7.39. The molecule has 3 N–H and O–H groups in total. The summed E-state index contributed by atoms with van der Waals surface area (Å²) in [6, 6.07) is 0. The van der Waals surface area contributed by atoms with Gasteiger partial charge in [0.2, 0.25) is 0 Å². The first kappa shape index (κ1) is 9.01. The van der Waals surface area contributed by atoms with Gasteiger partial charge in [0.25, 0.3) is 0 Å². The van der Waals surface area contributed by atoms with E-state index in [2.05, 4.69) is 10.1 Å². The van der Waals surface area contributed by atoms with Gasteiger partial charge < -0.3 is 10.9 Å². The molecule has 5 nitrogen and oxygen atoms in total. The van der Waals surface area contributed by atoms with E-state index < -0.39 is 0 Å². The Hall–Kier alpha value is -1.56. The molecule has 2 heterocycles. The van der Waals surface area contributed by atoms with E-state index >= 15 is 0 Å². The lowest BCUT2D eigenvalue weighted by atomic mass is 10.3. The minimum Gasteiger partial charge on any atom is -0.409 e. The van der Waals surface area contributed by atoms with Crippen LogP contribution >= 0.6 is 11.3 Å². The topological polar surface area (TPSA) is 75.9 Å². The summed E-state index contributed by atoms with van der Waals surface area (Å²) in [5.74, 6) is 0.205. The van der Waals surface area contributed by atoms with E-state index in [0.29, 0.717) is 6.42 Å². The number of aromatic nitrogens is 2. The van der Waals surface area contributed by atoms with E-state index in [1.165, 1.54) is 0 Å². The van der Waals surface area contributed by atoms with Crippen LogP contribution in [0.25, 0.3) is 4.96 Å². The fourth-order valence-electron chi connectivity index (χ4n) is 1.29. The van der Waals surface area contributed by atoms with E-state index in [1.807, 2.05) is 22.9 Å². The molecule has 0 amide bonds. The van der Waals surface area contributed by atoms with Gasteiger partial charge in [0.15, 0.2) is 4.96 Å². The minimum absolute atomic E-state index is 0.205. The molecule has 14 heavy (non-hydrogen) atoms. The lowest BCUT2D eigenvalue weighted by Crippen LogP contribution is -2.15. The minimum atomic E-state index is 0.205. The number of fused-ring (bicyclic) bond motifs is 1. The molecule has 0 saturated carbocycles. The van der Waals surface area contributed by atoms with Crippen molar-refractivity contribution in [1.29, 1.82) is 0 Å². The monoisotopic (exact) mass is 210 g/mol. The third-order valence-electron chi connectivity index (χ3n) is 1.89. The van der Waals surface area contributed by atoms with Crippen molar-refractivity contribution in [3.05, 3.63) is 23.0 Å². The molecule has 0 spiro atoms. The van der Waals surface area contributed by atoms with Gasteiger partial charge in [0.1, 0.15) is 5.84 Å². The van der Waals surface area contributed by atoms with Crippen LogP contribution in [0, 0.1) is 6.92 Å². The zero-order valence-corrected chi connectivity index (χ0v) is 8.45. The first-order valence-electron chi connectivity index (χ1n) is 4.09. The summed E-state index contributed by atoms with van der Waals surface area (Å²) >= 11 is 1.55. The molecule has 2 aromatic heterocycles. The summed E-state index contributed by atoms with van der Waals surface area (Å²) in [6.45, 7) is 1.94. The summed E-state index contributed by atoms with van der Waals surface area (Å²) in [4.78, 5) is 5.24. The Labute approximate surface area is 84.5 Å². The van der Waals surface area contributed by atoms with Crippen LogP contribution in [0.15, 0.2) is 16.7 Å².